The van der Waals surface area contributed by atoms with E-state index in [4.69, 9.17) is 0 Å². The molecule has 1 amide bonds. The molecule has 1 aromatic carbocycles. The number of Topliss-reactive ketones (excluding diaryl/α,β-unsaturated/α-hetero) is 1. The Morgan fingerprint density at radius 1 is 1.25 bits per heavy atom. The normalized spacial score (nSPS) is 12.7. The summed E-state index contributed by atoms with van der Waals surface area (Å²) in [5.41, 5.74) is 0.148. The summed E-state index contributed by atoms with van der Waals surface area (Å²) in [6.45, 7) is 3.22. The standard InChI is InChI=1S/C13H14F3NO3/c1-3-11(18)8(2)17-12(19)9-4-6-10(7-5-9)20-13(14,15)16/h4-8H,3H2,1-2H3,(H,17,19). The van der Waals surface area contributed by atoms with E-state index in [0.717, 1.165) is 12.1 Å². The summed E-state index contributed by atoms with van der Waals surface area (Å²) in [7, 11) is 0. The fourth-order valence-corrected chi connectivity index (χ4v) is 1.47. The average Bonchev–Trinajstić information content (AvgIpc) is 2.36. The zero-order valence-corrected chi connectivity index (χ0v) is 11.0. The molecule has 0 radical (unpaired) electrons. The van der Waals surface area contributed by atoms with Gasteiger partial charge in [0.1, 0.15) is 5.75 Å². The van der Waals surface area contributed by atoms with Crippen molar-refractivity contribution in [2.75, 3.05) is 0 Å². The highest BCUT2D eigenvalue weighted by molar-refractivity contribution is 5.97. The number of carbonyl (C=O) groups is 2. The lowest BCUT2D eigenvalue weighted by Crippen LogP contribution is -2.38. The maximum atomic E-state index is 12.0. The zero-order chi connectivity index (χ0) is 15.3. The minimum atomic E-state index is -4.77. The van der Waals surface area contributed by atoms with E-state index in [0.29, 0.717) is 6.42 Å². The second-order valence-electron chi connectivity index (χ2n) is 4.09. The smallest absolute Gasteiger partial charge is 0.406 e. The topological polar surface area (TPSA) is 55.4 Å². The summed E-state index contributed by atoms with van der Waals surface area (Å²) < 4.78 is 39.6. The molecule has 20 heavy (non-hydrogen) atoms. The van der Waals surface area contributed by atoms with Crippen LogP contribution in [0.1, 0.15) is 30.6 Å². The Morgan fingerprint density at radius 3 is 2.25 bits per heavy atom. The Hall–Kier alpha value is -2.05. The van der Waals surface area contributed by atoms with Gasteiger partial charge in [0.2, 0.25) is 0 Å². The summed E-state index contributed by atoms with van der Waals surface area (Å²) in [5, 5.41) is 2.46. The van der Waals surface area contributed by atoms with Gasteiger partial charge < -0.3 is 10.1 Å². The summed E-state index contributed by atoms with van der Waals surface area (Å²) >= 11 is 0. The van der Waals surface area contributed by atoms with Gasteiger partial charge in [0.15, 0.2) is 5.78 Å². The fraction of sp³-hybridized carbons (Fsp3) is 0.385. The SMILES string of the molecule is CCC(=O)C(C)NC(=O)c1ccc(OC(F)(F)F)cc1. The number of rotatable bonds is 5. The number of ketones is 1. The molecule has 1 aromatic rings. The van der Waals surface area contributed by atoms with Gasteiger partial charge in [-0.15, -0.1) is 13.2 Å². The number of benzene rings is 1. The Balaban J connectivity index is 2.69. The summed E-state index contributed by atoms with van der Waals surface area (Å²) in [5.74, 6) is -1.07. The monoisotopic (exact) mass is 289 g/mol. The van der Waals surface area contributed by atoms with Gasteiger partial charge in [-0.25, -0.2) is 0 Å². The van der Waals surface area contributed by atoms with Crippen molar-refractivity contribution >= 4 is 11.7 Å². The molecule has 4 nitrogen and oxygen atoms in total. The molecule has 1 unspecified atom stereocenters. The number of carbonyl (C=O) groups excluding carboxylic acids is 2. The van der Waals surface area contributed by atoms with Gasteiger partial charge in [-0.3, -0.25) is 9.59 Å². The molecule has 1 N–H and O–H groups in total. The van der Waals surface area contributed by atoms with Crippen molar-refractivity contribution in [3.63, 3.8) is 0 Å². The highest BCUT2D eigenvalue weighted by Gasteiger charge is 2.31. The molecule has 0 heterocycles. The number of amides is 1. The molecule has 1 rings (SSSR count). The van der Waals surface area contributed by atoms with Crippen LogP contribution >= 0.6 is 0 Å². The molecule has 0 bridgehead atoms. The van der Waals surface area contributed by atoms with Gasteiger partial charge in [-0.1, -0.05) is 6.92 Å². The third-order valence-electron chi connectivity index (χ3n) is 2.53. The lowest BCUT2D eigenvalue weighted by molar-refractivity contribution is -0.274. The van der Waals surface area contributed by atoms with Crippen LogP contribution in [-0.4, -0.2) is 24.1 Å². The first-order valence-electron chi connectivity index (χ1n) is 5.92. The van der Waals surface area contributed by atoms with E-state index in [1.807, 2.05) is 0 Å². The van der Waals surface area contributed by atoms with Crippen molar-refractivity contribution < 1.29 is 27.5 Å². The molecule has 0 saturated heterocycles. The van der Waals surface area contributed by atoms with Gasteiger partial charge in [0.25, 0.3) is 5.91 Å². The Kier molecular flexibility index (Phi) is 5.12. The second kappa shape index (κ2) is 6.40. The minimum Gasteiger partial charge on any atom is -0.406 e. The molecule has 0 aliphatic carbocycles. The second-order valence-corrected chi connectivity index (χ2v) is 4.09. The maximum Gasteiger partial charge on any atom is 0.573 e. The van der Waals surface area contributed by atoms with E-state index >= 15 is 0 Å². The molecule has 0 aliphatic rings. The third kappa shape index (κ3) is 4.91. The summed E-state index contributed by atoms with van der Waals surface area (Å²) in [4.78, 5) is 23.1. The van der Waals surface area contributed by atoms with Crippen molar-refractivity contribution in [3.8, 4) is 5.75 Å². The number of alkyl halides is 3. The van der Waals surface area contributed by atoms with Crippen LogP contribution in [0.5, 0.6) is 5.75 Å². The zero-order valence-electron chi connectivity index (χ0n) is 11.0. The van der Waals surface area contributed by atoms with Gasteiger partial charge in [-0.05, 0) is 31.2 Å². The van der Waals surface area contributed by atoms with E-state index in [1.54, 1.807) is 13.8 Å². The molecule has 0 fully saturated rings. The number of hydrogen-bond acceptors (Lipinski definition) is 3. The van der Waals surface area contributed by atoms with Gasteiger partial charge in [0, 0.05) is 12.0 Å². The van der Waals surface area contributed by atoms with E-state index in [1.165, 1.54) is 12.1 Å². The Labute approximate surface area is 113 Å². The van der Waals surface area contributed by atoms with Crippen molar-refractivity contribution in [2.45, 2.75) is 32.7 Å². The van der Waals surface area contributed by atoms with Crippen LogP contribution in [0.15, 0.2) is 24.3 Å². The van der Waals surface area contributed by atoms with Crippen LogP contribution in [0, 0.1) is 0 Å². The number of nitrogens with one attached hydrogen (secondary N) is 1. The molecular weight excluding hydrogens is 275 g/mol. The molecule has 0 saturated carbocycles. The van der Waals surface area contributed by atoms with E-state index in [2.05, 4.69) is 10.1 Å². The molecule has 1 atom stereocenters. The lowest BCUT2D eigenvalue weighted by atomic mass is 10.1. The quantitative estimate of drug-likeness (QED) is 0.906. The first-order valence-corrected chi connectivity index (χ1v) is 5.92. The van der Waals surface area contributed by atoms with Crippen LogP contribution in [0.25, 0.3) is 0 Å². The maximum absolute atomic E-state index is 12.0. The molecular formula is C13H14F3NO3. The number of hydrogen-bond donors (Lipinski definition) is 1. The minimum absolute atomic E-state index is 0.129. The van der Waals surface area contributed by atoms with Crippen LogP contribution in [0.4, 0.5) is 13.2 Å². The van der Waals surface area contributed by atoms with Crippen LogP contribution in [-0.2, 0) is 4.79 Å². The van der Waals surface area contributed by atoms with Crippen LogP contribution in [0.3, 0.4) is 0 Å². The number of halogens is 3. The molecule has 0 aromatic heterocycles. The highest BCUT2D eigenvalue weighted by Crippen LogP contribution is 2.22. The highest BCUT2D eigenvalue weighted by atomic mass is 19.4. The third-order valence-corrected chi connectivity index (χ3v) is 2.53. The first-order chi connectivity index (χ1) is 9.23. The molecule has 0 spiro atoms. The van der Waals surface area contributed by atoms with Gasteiger partial charge in [-0.2, -0.15) is 0 Å². The molecule has 0 aliphatic heterocycles. The van der Waals surface area contributed by atoms with Gasteiger partial charge in [0.05, 0.1) is 6.04 Å². The predicted octanol–water partition coefficient (Wildman–Crippen LogP) is 2.68. The Morgan fingerprint density at radius 2 is 1.80 bits per heavy atom. The van der Waals surface area contributed by atoms with E-state index in [-0.39, 0.29) is 11.3 Å². The molecule has 110 valence electrons. The average molecular weight is 289 g/mol. The van der Waals surface area contributed by atoms with Crippen molar-refractivity contribution in [1.29, 1.82) is 0 Å². The lowest BCUT2D eigenvalue weighted by Gasteiger charge is -2.12. The van der Waals surface area contributed by atoms with Crippen molar-refractivity contribution in [3.05, 3.63) is 29.8 Å². The summed E-state index contributed by atoms with van der Waals surface area (Å²) in [6.07, 6.45) is -4.48. The van der Waals surface area contributed by atoms with Crippen molar-refractivity contribution in [1.82, 2.24) is 5.32 Å². The summed E-state index contributed by atoms with van der Waals surface area (Å²) in [6, 6.07) is 3.82. The molecule has 7 heteroatoms. The fourth-order valence-electron chi connectivity index (χ4n) is 1.47. The van der Waals surface area contributed by atoms with E-state index in [9.17, 15) is 22.8 Å². The first kappa shape index (κ1) is 16.0. The Bertz CT molecular complexity index is 483. The van der Waals surface area contributed by atoms with Gasteiger partial charge >= 0.3 is 6.36 Å². The van der Waals surface area contributed by atoms with E-state index < -0.39 is 24.1 Å². The van der Waals surface area contributed by atoms with Crippen molar-refractivity contribution in [2.24, 2.45) is 0 Å². The van der Waals surface area contributed by atoms with Crippen LogP contribution < -0.4 is 10.1 Å². The predicted molar refractivity (Wildman–Crippen MR) is 65.4 cm³/mol. The number of ether oxygens (including phenoxy) is 1. The largest absolute Gasteiger partial charge is 0.573 e. The van der Waals surface area contributed by atoms with Crippen LogP contribution in [0.2, 0.25) is 0 Å².